The van der Waals surface area contributed by atoms with Crippen molar-refractivity contribution in [1.29, 1.82) is 0 Å². The highest BCUT2D eigenvalue weighted by Crippen LogP contribution is 2.05. The van der Waals surface area contributed by atoms with E-state index < -0.39 is 5.97 Å². The third kappa shape index (κ3) is 4.71. The van der Waals surface area contributed by atoms with Crippen LogP contribution in [0.1, 0.15) is 16.7 Å². The summed E-state index contributed by atoms with van der Waals surface area (Å²) in [6.07, 6.45) is 3.15. The van der Waals surface area contributed by atoms with Gasteiger partial charge in [-0.1, -0.05) is 60.2 Å². The lowest BCUT2D eigenvalue weighted by molar-refractivity contribution is -0.145. The molecule has 20 heavy (non-hydrogen) atoms. The predicted molar refractivity (Wildman–Crippen MR) is 79.6 cm³/mol. The van der Waals surface area contributed by atoms with Gasteiger partial charge in [0.25, 0.3) is 0 Å². The smallest absolute Gasteiger partial charge is 0.195 e. The van der Waals surface area contributed by atoms with E-state index in [0.29, 0.717) is 6.54 Å². The molecule has 0 heterocycles. The second kappa shape index (κ2) is 7.26. The first kappa shape index (κ1) is 14.0. The highest BCUT2D eigenvalue weighted by molar-refractivity contribution is 5.86. The molecule has 101 valence electrons. The minimum absolute atomic E-state index is 0.414. The van der Waals surface area contributed by atoms with Crippen molar-refractivity contribution in [3.05, 3.63) is 77.4 Å². The van der Waals surface area contributed by atoms with Crippen LogP contribution in [0.25, 0.3) is 6.08 Å². The van der Waals surface area contributed by atoms with Gasteiger partial charge >= 0.3 is 5.97 Å². The van der Waals surface area contributed by atoms with Crippen molar-refractivity contribution in [3.63, 3.8) is 0 Å². The summed E-state index contributed by atoms with van der Waals surface area (Å²) in [5.41, 5.74) is 5.84. The lowest BCUT2D eigenvalue weighted by atomic mass is 10.1. The maximum absolute atomic E-state index is 11.5. The second-order valence-corrected chi connectivity index (χ2v) is 4.48. The Balaban J connectivity index is 1.78. The molecule has 0 unspecified atom stereocenters. The van der Waals surface area contributed by atoms with Crippen LogP contribution in [0.4, 0.5) is 0 Å². The molecule has 0 saturated heterocycles. The highest BCUT2D eigenvalue weighted by Gasteiger charge is 2.11. The maximum atomic E-state index is 11.5. The summed E-state index contributed by atoms with van der Waals surface area (Å²) in [4.78, 5) is 16.4. The quantitative estimate of drug-likeness (QED) is 0.513. The van der Waals surface area contributed by atoms with E-state index in [1.165, 1.54) is 6.08 Å². The van der Waals surface area contributed by atoms with Crippen molar-refractivity contribution in [2.24, 2.45) is 0 Å². The van der Waals surface area contributed by atoms with Crippen molar-refractivity contribution >= 4 is 12.0 Å². The van der Waals surface area contributed by atoms with Gasteiger partial charge in [-0.3, -0.25) is 0 Å². The van der Waals surface area contributed by atoms with E-state index in [0.717, 1.165) is 16.7 Å². The zero-order chi connectivity index (χ0) is 14.2. The monoisotopic (exact) mass is 267 g/mol. The molecular weight excluding hydrogens is 250 g/mol. The molecule has 0 aliphatic heterocycles. The minimum Gasteiger partial charge on any atom is -0.195 e. The number of rotatable bonds is 5. The molecular formula is C17H17NO2+. The lowest BCUT2D eigenvalue weighted by Crippen LogP contribution is -2.17. The molecule has 0 amide bonds. The molecule has 0 fully saturated rings. The summed E-state index contributed by atoms with van der Waals surface area (Å²) in [6, 6.07) is 17.7. The van der Waals surface area contributed by atoms with Crippen LogP contribution in [0.5, 0.6) is 0 Å². The van der Waals surface area contributed by atoms with Gasteiger partial charge < -0.3 is 0 Å². The van der Waals surface area contributed by atoms with Gasteiger partial charge in [-0.15, -0.1) is 0 Å². The summed E-state index contributed by atoms with van der Waals surface area (Å²) in [5.74, 6) is -0.414. The summed E-state index contributed by atoms with van der Waals surface area (Å²) < 4.78 is 0. The Kier molecular flexibility index (Phi) is 5.09. The van der Waals surface area contributed by atoms with Gasteiger partial charge in [0, 0.05) is 0 Å². The van der Waals surface area contributed by atoms with Gasteiger partial charge in [-0.05, 0) is 29.6 Å². The molecule has 0 aromatic heterocycles. The second-order valence-electron chi connectivity index (χ2n) is 4.48. The molecule has 3 heteroatoms. The maximum Gasteiger partial charge on any atom is 0.623 e. The zero-order valence-corrected chi connectivity index (χ0v) is 11.4. The minimum atomic E-state index is -0.414. The van der Waals surface area contributed by atoms with E-state index in [-0.39, 0.29) is 0 Å². The molecule has 3 nitrogen and oxygen atoms in total. The van der Waals surface area contributed by atoms with Gasteiger partial charge in [0.15, 0.2) is 0 Å². The number of carbonyl (C=O) groups excluding carboxylic acids is 1. The summed E-state index contributed by atoms with van der Waals surface area (Å²) >= 11 is 0. The number of hydroxylamine groups is 1. The molecule has 0 bridgehead atoms. The molecule has 0 aliphatic rings. The van der Waals surface area contributed by atoms with Crippen LogP contribution in [0, 0.1) is 6.92 Å². The van der Waals surface area contributed by atoms with Crippen molar-refractivity contribution in [1.82, 2.24) is 5.48 Å². The first-order valence-corrected chi connectivity index (χ1v) is 6.46. The predicted octanol–water partition coefficient (Wildman–Crippen LogP) is 3.26. The standard InChI is InChI=1S/C17H17NO2/c1-14-6-5-9-15(12-14)10-11-17(19)20-18-13-16-7-3-2-4-8-16/h2-12,18H,13H2,1H3/q+1/b11-10+. The fourth-order valence-electron chi connectivity index (χ4n) is 1.76. The number of hydrogen-bond acceptors (Lipinski definition) is 3. The Labute approximate surface area is 118 Å². The van der Waals surface area contributed by atoms with Crippen LogP contribution < -0.4 is 5.48 Å². The van der Waals surface area contributed by atoms with Crippen LogP contribution in [-0.4, -0.2) is 5.97 Å². The van der Waals surface area contributed by atoms with Crippen LogP contribution in [0.15, 0.2) is 60.7 Å². The highest BCUT2D eigenvalue weighted by atomic mass is 16.7. The van der Waals surface area contributed by atoms with E-state index in [1.807, 2.05) is 61.5 Å². The average Bonchev–Trinajstić information content (AvgIpc) is 2.46. The summed E-state index contributed by atoms with van der Waals surface area (Å²) in [5, 5.41) is 0. The number of benzene rings is 2. The Hall–Kier alpha value is -2.39. The van der Waals surface area contributed by atoms with Gasteiger partial charge in [-0.2, -0.15) is 4.84 Å². The Bertz CT molecular complexity index is 591. The number of aryl methyl sites for hydroxylation is 1. The normalized spacial score (nSPS) is 10.7. The third-order valence-electron chi connectivity index (χ3n) is 2.75. The van der Waals surface area contributed by atoms with E-state index >= 15 is 0 Å². The summed E-state index contributed by atoms with van der Waals surface area (Å²) in [6.45, 7) is 2.50. The number of carbonyl (C=O) groups is 1. The summed E-state index contributed by atoms with van der Waals surface area (Å²) in [7, 11) is 0. The average molecular weight is 267 g/mol. The largest absolute Gasteiger partial charge is 0.623 e. The van der Waals surface area contributed by atoms with Crippen molar-refractivity contribution in [3.8, 4) is 0 Å². The van der Waals surface area contributed by atoms with E-state index in [2.05, 4.69) is 5.48 Å². The van der Waals surface area contributed by atoms with E-state index in [1.54, 1.807) is 6.08 Å². The van der Waals surface area contributed by atoms with Crippen LogP contribution in [0.3, 0.4) is 0 Å². The van der Waals surface area contributed by atoms with E-state index in [4.69, 9.17) is 4.84 Å². The van der Waals surface area contributed by atoms with Crippen molar-refractivity contribution in [2.45, 2.75) is 13.5 Å². The van der Waals surface area contributed by atoms with Crippen LogP contribution in [-0.2, 0) is 16.2 Å². The Morgan fingerprint density at radius 3 is 2.70 bits per heavy atom. The third-order valence-corrected chi connectivity index (χ3v) is 2.75. The fourth-order valence-corrected chi connectivity index (χ4v) is 1.76. The van der Waals surface area contributed by atoms with Gasteiger partial charge in [0.05, 0.1) is 17.4 Å². The van der Waals surface area contributed by atoms with Crippen LogP contribution >= 0.6 is 0 Å². The molecule has 0 spiro atoms. The molecule has 2 aromatic rings. The topological polar surface area (TPSA) is 41.2 Å². The Morgan fingerprint density at radius 1 is 1.15 bits per heavy atom. The lowest BCUT2D eigenvalue weighted by Gasteiger charge is -1.96. The van der Waals surface area contributed by atoms with Crippen LogP contribution in [0.2, 0.25) is 0 Å². The van der Waals surface area contributed by atoms with Crippen molar-refractivity contribution < 1.29 is 9.63 Å². The molecule has 0 atom stereocenters. The molecule has 1 radical (unpaired) electrons. The fraction of sp³-hybridized carbons (Fsp3) is 0.118. The molecule has 1 N–H and O–H groups in total. The van der Waals surface area contributed by atoms with Gasteiger partial charge in [0.1, 0.15) is 0 Å². The molecule has 0 saturated carbocycles. The molecule has 0 aliphatic carbocycles. The molecule has 2 rings (SSSR count). The number of hydrogen-bond donors (Lipinski definition) is 1. The first-order valence-electron chi connectivity index (χ1n) is 6.46. The Morgan fingerprint density at radius 2 is 1.95 bits per heavy atom. The number of nitrogens with one attached hydrogen (secondary N) is 1. The van der Waals surface area contributed by atoms with E-state index in [9.17, 15) is 4.79 Å². The molecule has 2 aromatic carbocycles. The van der Waals surface area contributed by atoms with Gasteiger partial charge in [0.2, 0.25) is 0 Å². The zero-order valence-electron chi connectivity index (χ0n) is 11.4. The van der Waals surface area contributed by atoms with Gasteiger partial charge in [-0.25, -0.2) is 0 Å². The first-order chi connectivity index (χ1) is 9.74. The van der Waals surface area contributed by atoms with Crippen molar-refractivity contribution in [2.75, 3.05) is 0 Å². The SMILES string of the molecule is Cc1cccc(/C=C/C(=[O+])ONCc2ccccc2)c1.